The lowest BCUT2D eigenvalue weighted by molar-refractivity contribution is 0.305. The summed E-state index contributed by atoms with van der Waals surface area (Å²) in [4.78, 5) is 19.6. The smallest absolute Gasteiger partial charge is 0.259 e. The minimum Gasteiger partial charge on any atom is -0.489 e. The molecule has 1 aromatic heterocycles. The Morgan fingerprint density at radius 3 is 2.69 bits per heavy atom. The Morgan fingerprint density at radius 2 is 1.81 bits per heavy atom. The van der Waals surface area contributed by atoms with Gasteiger partial charge in [-0.2, -0.15) is 0 Å². The second-order valence-corrected chi connectivity index (χ2v) is 5.88. The average Bonchev–Trinajstić information content (AvgIpc) is 2.67. The molecular weight excluding hydrogens is 331 g/mol. The van der Waals surface area contributed by atoms with E-state index in [1.807, 2.05) is 24.3 Å². The van der Waals surface area contributed by atoms with E-state index in [2.05, 4.69) is 9.97 Å². The molecule has 0 aliphatic heterocycles. The molecular formula is C21H15FN2O2. The number of fused-ring (bicyclic) bond motifs is 1. The summed E-state index contributed by atoms with van der Waals surface area (Å²) < 4.78 is 19.0. The minimum absolute atomic E-state index is 0.184. The molecule has 4 aromatic rings. The molecule has 4 nitrogen and oxygen atoms in total. The van der Waals surface area contributed by atoms with Gasteiger partial charge in [0, 0.05) is 5.56 Å². The van der Waals surface area contributed by atoms with Crippen molar-refractivity contribution in [2.45, 2.75) is 6.61 Å². The van der Waals surface area contributed by atoms with Crippen molar-refractivity contribution in [3.63, 3.8) is 0 Å². The van der Waals surface area contributed by atoms with Crippen LogP contribution in [0.15, 0.2) is 77.6 Å². The normalized spacial score (nSPS) is 10.8. The van der Waals surface area contributed by atoms with E-state index in [-0.39, 0.29) is 18.0 Å². The molecule has 0 spiro atoms. The van der Waals surface area contributed by atoms with Gasteiger partial charge in [0.05, 0.1) is 10.9 Å². The Bertz CT molecular complexity index is 1140. The molecule has 0 amide bonds. The second kappa shape index (κ2) is 6.80. The van der Waals surface area contributed by atoms with Gasteiger partial charge in [-0.1, -0.05) is 36.4 Å². The number of rotatable bonds is 4. The zero-order chi connectivity index (χ0) is 17.9. The van der Waals surface area contributed by atoms with Gasteiger partial charge in [0.25, 0.3) is 5.56 Å². The second-order valence-electron chi connectivity index (χ2n) is 5.88. The summed E-state index contributed by atoms with van der Waals surface area (Å²) in [6.45, 7) is 0.253. The van der Waals surface area contributed by atoms with Crippen LogP contribution >= 0.6 is 0 Å². The monoisotopic (exact) mass is 346 g/mol. The van der Waals surface area contributed by atoms with Gasteiger partial charge >= 0.3 is 0 Å². The maximum atomic E-state index is 13.2. The molecule has 3 aromatic carbocycles. The first-order chi connectivity index (χ1) is 12.7. The van der Waals surface area contributed by atoms with Crippen LogP contribution in [0.1, 0.15) is 5.56 Å². The third-order valence-corrected chi connectivity index (χ3v) is 4.01. The number of H-pyrrole nitrogens is 1. The number of benzene rings is 3. The molecule has 128 valence electrons. The largest absolute Gasteiger partial charge is 0.489 e. The van der Waals surface area contributed by atoms with E-state index in [0.717, 1.165) is 11.1 Å². The SMILES string of the molecule is O=c1[nH]c(-c2cccc(OCc3cccc(F)c3)c2)nc2ccccc12. The number of para-hydroxylation sites is 1. The van der Waals surface area contributed by atoms with Crippen molar-refractivity contribution >= 4 is 10.9 Å². The molecule has 1 N–H and O–H groups in total. The van der Waals surface area contributed by atoms with Crippen molar-refractivity contribution in [2.75, 3.05) is 0 Å². The molecule has 0 saturated heterocycles. The highest BCUT2D eigenvalue weighted by Crippen LogP contribution is 2.22. The quantitative estimate of drug-likeness (QED) is 0.599. The first kappa shape index (κ1) is 16.0. The molecule has 0 bridgehead atoms. The van der Waals surface area contributed by atoms with E-state index in [1.54, 1.807) is 36.4 Å². The van der Waals surface area contributed by atoms with Crippen molar-refractivity contribution < 1.29 is 9.13 Å². The number of hydrogen-bond acceptors (Lipinski definition) is 3. The van der Waals surface area contributed by atoms with Crippen LogP contribution in [0, 0.1) is 5.82 Å². The van der Waals surface area contributed by atoms with Crippen LogP contribution in [-0.4, -0.2) is 9.97 Å². The summed E-state index contributed by atoms with van der Waals surface area (Å²) in [5, 5.41) is 0.551. The third kappa shape index (κ3) is 3.32. The summed E-state index contributed by atoms with van der Waals surface area (Å²) in [7, 11) is 0. The molecule has 0 saturated carbocycles. The highest BCUT2D eigenvalue weighted by molar-refractivity contribution is 5.79. The lowest BCUT2D eigenvalue weighted by atomic mass is 10.2. The lowest BCUT2D eigenvalue weighted by Gasteiger charge is -2.08. The summed E-state index contributed by atoms with van der Waals surface area (Å²) in [6.07, 6.45) is 0. The van der Waals surface area contributed by atoms with Crippen molar-refractivity contribution in [2.24, 2.45) is 0 Å². The number of nitrogens with zero attached hydrogens (tertiary/aromatic N) is 1. The molecule has 0 aliphatic carbocycles. The molecule has 0 atom stereocenters. The van der Waals surface area contributed by atoms with E-state index in [0.29, 0.717) is 22.5 Å². The minimum atomic E-state index is -0.294. The molecule has 0 aliphatic rings. The van der Waals surface area contributed by atoms with Gasteiger partial charge in [0.15, 0.2) is 0 Å². The highest BCUT2D eigenvalue weighted by Gasteiger charge is 2.07. The van der Waals surface area contributed by atoms with Gasteiger partial charge < -0.3 is 9.72 Å². The molecule has 0 unspecified atom stereocenters. The van der Waals surface area contributed by atoms with E-state index < -0.39 is 0 Å². The molecule has 1 heterocycles. The van der Waals surface area contributed by atoms with Crippen LogP contribution in [0.5, 0.6) is 5.75 Å². The predicted molar refractivity (Wildman–Crippen MR) is 98.5 cm³/mol. The number of nitrogens with one attached hydrogen (secondary N) is 1. The Morgan fingerprint density at radius 1 is 0.962 bits per heavy atom. The standard InChI is InChI=1S/C21H15FN2O2/c22-16-7-3-5-14(11-16)13-26-17-8-4-6-15(12-17)20-23-19-10-2-1-9-18(19)21(25)24-20/h1-12H,13H2,(H,23,24,25). The molecule has 26 heavy (non-hydrogen) atoms. The first-order valence-corrected chi connectivity index (χ1v) is 8.16. The van der Waals surface area contributed by atoms with Crippen molar-refractivity contribution in [3.05, 3.63) is 94.5 Å². The number of aromatic nitrogens is 2. The summed E-state index contributed by atoms with van der Waals surface area (Å²) in [5.41, 5.74) is 1.94. The zero-order valence-corrected chi connectivity index (χ0v) is 13.8. The Kier molecular flexibility index (Phi) is 4.19. The maximum Gasteiger partial charge on any atom is 0.259 e. The maximum absolute atomic E-state index is 13.2. The number of hydrogen-bond donors (Lipinski definition) is 1. The van der Waals surface area contributed by atoms with E-state index in [4.69, 9.17) is 4.74 Å². The van der Waals surface area contributed by atoms with E-state index in [9.17, 15) is 9.18 Å². The predicted octanol–water partition coefficient (Wildman–Crippen LogP) is 4.31. The third-order valence-electron chi connectivity index (χ3n) is 4.01. The fraction of sp³-hybridized carbons (Fsp3) is 0.0476. The van der Waals surface area contributed by atoms with Gasteiger partial charge in [-0.3, -0.25) is 4.79 Å². The topological polar surface area (TPSA) is 55.0 Å². The fourth-order valence-electron chi connectivity index (χ4n) is 2.75. The van der Waals surface area contributed by atoms with Crippen molar-refractivity contribution in [1.82, 2.24) is 9.97 Å². The molecule has 0 radical (unpaired) electrons. The Labute approximate surface area is 148 Å². The Balaban J connectivity index is 1.62. The Hall–Kier alpha value is -3.47. The summed E-state index contributed by atoms with van der Waals surface area (Å²) in [6, 6.07) is 20.8. The van der Waals surface area contributed by atoms with Crippen LogP contribution in [-0.2, 0) is 6.61 Å². The van der Waals surface area contributed by atoms with E-state index >= 15 is 0 Å². The highest BCUT2D eigenvalue weighted by atomic mass is 19.1. The summed E-state index contributed by atoms with van der Waals surface area (Å²) >= 11 is 0. The van der Waals surface area contributed by atoms with Gasteiger partial charge in [0.1, 0.15) is 24.0 Å². The van der Waals surface area contributed by atoms with Gasteiger partial charge in [0.2, 0.25) is 0 Å². The average molecular weight is 346 g/mol. The van der Waals surface area contributed by atoms with Gasteiger partial charge in [-0.15, -0.1) is 0 Å². The van der Waals surface area contributed by atoms with Gasteiger partial charge in [-0.05, 0) is 42.0 Å². The van der Waals surface area contributed by atoms with Gasteiger partial charge in [-0.25, -0.2) is 9.37 Å². The van der Waals surface area contributed by atoms with Crippen LogP contribution in [0.25, 0.3) is 22.3 Å². The van der Waals surface area contributed by atoms with Crippen LogP contribution in [0.3, 0.4) is 0 Å². The van der Waals surface area contributed by atoms with Crippen LogP contribution in [0.2, 0.25) is 0 Å². The molecule has 0 fully saturated rings. The lowest BCUT2D eigenvalue weighted by Crippen LogP contribution is -2.09. The van der Waals surface area contributed by atoms with E-state index in [1.165, 1.54) is 12.1 Å². The number of halogens is 1. The zero-order valence-electron chi connectivity index (χ0n) is 13.8. The van der Waals surface area contributed by atoms with Crippen molar-refractivity contribution in [1.29, 1.82) is 0 Å². The summed E-state index contributed by atoms with van der Waals surface area (Å²) in [5.74, 6) is 0.797. The molecule has 5 heteroatoms. The van der Waals surface area contributed by atoms with Crippen molar-refractivity contribution in [3.8, 4) is 17.1 Å². The number of ether oxygens (including phenoxy) is 1. The van der Waals surface area contributed by atoms with Crippen LogP contribution < -0.4 is 10.3 Å². The fourth-order valence-corrected chi connectivity index (χ4v) is 2.75. The number of aromatic amines is 1. The first-order valence-electron chi connectivity index (χ1n) is 8.16. The van der Waals surface area contributed by atoms with Crippen LogP contribution in [0.4, 0.5) is 4.39 Å². The molecule has 4 rings (SSSR count).